The molecule has 0 radical (unpaired) electrons. The summed E-state index contributed by atoms with van der Waals surface area (Å²) >= 11 is 0. The fraction of sp³-hybridized carbons (Fsp3) is 0.432. The molecule has 3 heterocycles. The quantitative estimate of drug-likeness (QED) is 0.183. The predicted molar refractivity (Wildman–Crippen MR) is 179 cm³/mol. The van der Waals surface area contributed by atoms with Crippen molar-refractivity contribution >= 4 is 11.7 Å². The van der Waals surface area contributed by atoms with Crippen molar-refractivity contribution in [3.8, 4) is 28.1 Å². The molecular formula is C37H45FN4O4. The van der Waals surface area contributed by atoms with E-state index >= 15 is 0 Å². The SMILES string of the molecule is Cc1n[nH]cc1-c1nc(C)c(C(OC(C)(C)C)C(=O)O)c(N2CCC(C)(C)CC2)c1-c1ccc(OCCc2ccc(F)cc2)cc1. The van der Waals surface area contributed by atoms with Gasteiger partial charge in [-0.15, -0.1) is 0 Å². The number of aromatic nitrogens is 3. The molecule has 8 nitrogen and oxygen atoms in total. The Labute approximate surface area is 271 Å². The Kier molecular flexibility index (Phi) is 9.54. The number of pyridine rings is 1. The van der Waals surface area contributed by atoms with Gasteiger partial charge in [-0.3, -0.25) is 10.1 Å². The summed E-state index contributed by atoms with van der Waals surface area (Å²) in [6.45, 7) is 16.0. The molecule has 1 saturated heterocycles. The van der Waals surface area contributed by atoms with Crippen LogP contribution in [-0.4, -0.2) is 51.6 Å². The molecule has 4 aromatic rings. The van der Waals surface area contributed by atoms with Crippen LogP contribution in [0, 0.1) is 25.1 Å². The Bertz CT molecular complexity index is 1660. The van der Waals surface area contributed by atoms with Crippen LogP contribution in [0.2, 0.25) is 0 Å². The average molecular weight is 629 g/mol. The van der Waals surface area contributed by atoms with Crippen molar-refractivity contribution < 1.29 is 23.8 Å². The van der Waals surface area contributed by atoms with Crippen molar-refractivity contribution in [2.24, 2.45) is 5.41 Å². The molecule has 244 valence electrons. The molecule has 0 amide bonds. The Morgan fingerprint density at radius 2 is 1.70 bits per heavy atom. The van der Waals surface area contributed by atoms with Gasteiger partial charge in [0, 0.05) is 48.1 Å². The number of carboxylic acids is 1. The van der Waals surface area contributed by atoms with E-state index in [4.69, 9.17) is 14.5 Å². The van der Waals surface area contributed by atoms with Crippen LogP contribution in [0.25, 0.3) is 22.4 Å². The number of halogens is 1. The van der Waals surface area contributed by atoms with E-state index in [1.54, 1.807) is 12.1 Å². The largest absolute Gasteiger partial charge is 0.493 e. The van der Waals surface area contributed by atoms with Crippen LogP contribution in [0.15, 0.2) is 54.7 Å². The number of aryl methyl sites for hydroxylation is 2. The molecule has 2 aromatic heterocycles. The smallest absolute Gasteiger partial charge is 0.337 e. The van der Waals surface area contributed by atoms with Crippen LogP contribution < -0.4 is 9.64 Å². The molecule has 1 unspecified atom stereocenters. The Balaban J connectivity index is 1.64. The van der Waals surface area contributed by atoms with Crippen LogP contribution in [0.4, 0.5) is 10.1 Å². The number of piperidine rings is 1. The number of hydrogen-bond donors (Lipinski definition) is 2. The Hall–Kier alpha value is -4.24. The molecule has 5 rings (SSSR count). The normalized spacial score (nSPS) is 15.5. The number of hydrogen-bond acceptors (Lipinski definition) is 6. The number of carboxylic acid groups (broad SMARTS) is 1. The van der Waals surface area contributed by atoms with Gasteiger partial charge in [-0.05, 0) is 88.3 Å². The summed E-state index contributed by atoms with van der Waals surface area (Å²) in [5, 5.41) is 17.9. The summed E-state index contributed by atoms with van der Waals surface area (Å²) in [6.07, 6.45) is 3.20. The first-order chi connectivity index (χ1) is 21.7. The van der Waals surface area contributed by atoms with E-state index in [9.17, 15) is 14.3 Å². The maximum Gasteiger partial charge on any atom is 0.337 e. The lowest BCUT2D eigenvalue weighted by molar-refractivity contribution is -0.160. The van der Waals surface area contributed by atoms with E-state index in [1.165, 1.54) is 12.1 Å². The van der Waals surface area contributed by atoms with E-state index in [-0.39, 0.29) is 11.2 Å². The van der Waals surface area contributed by atoms with Crippen LogP contribution in [-0.2, 0) is 16.0 Å². The minimum absolute atomic E-state index is 0.184. The molecule has 1 aliphatic rings. The molecular weight excluding hydrogens is 583 g/mol. The zero-order valence-electron chi connectivity index (χ0n) is 27.9. The lowest BCUT2D eigenvalue weighted by Crippen LogP contribution is -2.39. The van der Waals surface area contributed by atoms with Gasteiger partial charge in [0.25, 0.3) is 0 Å². The molecule has 0 saturated carbocycles. The summed E-state index contributed by atoms with van der Waals surface area (Å²) in [4.78, 5) is 20.3. The second kappa shape index (κ2) is 13.2. The van der Waals surface area contributed by atoms with Crippen molar-refractivity contribution in [1.29, 1.82) is 0 Å². The van der Waals surface area contributed by atoms with Gasteiger partial charge in [0.15, 0.2) is 6.10 Å². The molecule has 2 aromatic carbocycles. The second-order valence-electron chi connectivity index (χ2n) is 13.9. The van der Waals surface area contributed by atoms with Crippen molar-refractivity contribution in [2.75, 3.05) is 24.6 Å². The zero-order chi connectivity index (χ0) is 33.2. The third-order valence-electron chi connectivity index (χ3n) is 8.59. The predicted octanol–water partition coefficient (Wildman–Crippen LogP) is 8.08. The summed E-state index contributed by atoms with van der Waals surface area (Å²) in [6, 6.07) is 14.3. The number of nitrogens with one attached hydrogen (secondary N) is 1. The van der Waals surface area contributed by atoms with E-state index in [1.807, 2.05) is 65.1 Å². The van der Waals surface area contributed by atoms with Gasteiger partial charge in [0.05, 0.1) is 29.3 Å². The molecule has 0 aliphatic carbocycles. The first-order valence-electron chi connectivity index (χ1n) is 15.9. The lowest BCUT2D eigenvalue weighted by atomic mass is 9.81. The maximum absolute atomic E-state index is 13.3. The minimum atomic E-state index is -1.22. The van der Waals surface area contributed by atoms with E-state index in [0.29, 0.717) is 30.0 Å². The van der Waals surface area contributed by atoms with Crippen LogP contribution in [0.5, 0.6) is 5.75 Å². The highest BCUT2D eigenvalue weighted by atomic mass is 19.1. The fourth-order valence-corrected chi connectivity index (χ4v) is 5.99. The number of anilines is 1. The number of carbonyl (C=O) groups is 1. The summed E-state index contributed by atoms with van der Waals surface area (Å²) in [7, 11) is 0. The van der Waals surface area contributed by atoms with Gasteiger partial charge in [-0.1, -0.05) is 38.1 Å². The molecule has 2 N–H and O–H groups in total. The highest BCUT2D eigenvalue weighted by Crippen LogP contribution is 2.47. The van der Waals surface area contributed by atoms with Gasteiger partial charge in [0.2, 0.25) is 0 Å². The molecule has 0 bridgehead atoms. The summed E-state index contributed by atoms with van der Waals surface area (Å²) < 4.78 is 25.6. The third kappa shape index (κ3) is 7.58. The number of rotatable bonds is 10. The molecule has 0 spiro atoms. The van der Waals surface area contributed by atoms with Gasteiger partial charge in [-0.2, -0.15) is 5.10 Å². The number of aliphatic carboxylic acids is 1. The molecule has 1 aliphatic heterocycles. The number of ether oxygens (including phenoxy) is 2. The fourth-order valence-electron chi connectivity index (χ4n) is 5.99. The van der Waals surface area contributed by atoms with Gasteiger partial charge < -0.3 is 19.5 Å². The van der Waals surface area contributed by atoms with Gasteiger partial charge in [0.1, 0.15) is 11.6 Å². The number of nitrogens with zero attached hydrogens (tertiary/aromatic N) is 3. The summed E-state index contributed by atoms with van der Waals surface area (Å²) in [5.74, 6) is -0.610. The van der Waals surface area contributed by atoms with Crippen LogP contribution in [0.3, 0.4) is 0 Å². The van der Waals surface area contributed by atoms with Crippen molar-refractivity contribution in [3.05, 3.63) is 83.1 Å². The van der Waals surface area contributed by atoms with Gasteiger partial charge in [-0.25, -0.2) is 9.18 Å². The monoisotopic (exact) mass is 628 g/mol. The molecule has 46 heavy (non-hydrogen) atoms. The number of aromatic amines is 1. The second-order valence-corrected chi connectivity index (χ2v) is 13.9. The summed E-state index contributed by atoms with van der Waals surface area (Å²) in [5.41, 5.74) is 6.60. The number of H-pyrrole nitrogens is 1. The molecule has 1 atom stereocenters. The zero-order valence-corrected chi connectivity index (χ0v) is 27.9. The van der Waals surface area contributed by atoms with Crippen LogP contribution in [0.1, 0.15) is 76.1 Å². The van der Waals surface area contributed by atoms with Gasteiger partial charge >= 0.3 is 5.97 Å². The van der Waals surface area contributed by atoms with Crippen LogP contribution >= 0.6 is 0 Å². The topological polar surface area (TPSA) is 101 Å². The molecule has 1 fully saturated rings. The van der Waals surface area contributed by atoms with E-state index in [0.717, 1.165) is 65.3 Å². The first-order valence-corrected chi connectivity index (χ1v) is 15.9. The highest BCUT2D eigenvalue weighted by molar-refractivity contribution is 5.95. The molecule has 9 heteroatoms. The van der Waals surface area contributed by atoms with Crippen molar-refractivity contribution in [1.82, 2.24) is 15.2 Å². The van der Waals surface area contributed by atoms with E-state index < -0.39 is 17.7 Å². The Morgan fingerprint density at radius 3 is 2.26 bits per heavy atom. The Morgan fingerprint density at radius 1 is 1.04 bits per heavy atom. The standard InChI is InChI=1S/C37H45FN4O4/c1-23-29(22-39-41-23)32-31(26-10-14-28(15-11-26)45-21-16-25-8-12-27(38)13-9-25)33(42-19-17-37(6,7)18-20-42)30(24(2)40-32)34(35(43)44)46-36(3,4)5/h8-15,22,34H,16-21H2,1-7H3,(H,39,41)(H,43,44). The minimum Gasteiger partial charge on any atom is -0.493 e. The first kappa shape index (κ1) is 33.1. The third-order valence-corrected chi connectivity index (χ3v) is 8.59. The van der Waals surface area contributed by atoms with Crippen molar-refractivity contribution in [3.63, 3.8) is 0 Å². The maximum atomic E-state index is 13.3. The van der Waals surface area contributed by atoms with E-state index in [2.05, 4.69) is 28.9 Å². The highest BCUT2D eigenvalue weighted by Gasteiger charge is 2.37. The van der Waals surface area contributed by atoms with Crippen molar-refractivity contribution in [2.45, 2.75) is 79.4 Å². The number of benzene rings is 2. The lowest BCUT2D eigenvalue weighted by Gasteiger charge is -2.41. The average Bonchev–Trinajstić information content (AvgIpc) is 3.42.